The van der Waals surface area contributed by atoms with Gasteiger partial charge < -0.3 is 8.75 Å². The molecule has 0 aliphatic carbocycles. The van der Waals surface area contributed by atoms with Gasteiger partial charge in [-0.15, -0.1) is 10.2 Å². The Balaban J connectivity index is 1.89. The Bertz CT molecular complexity index is 669. The summed E-state index contributed by atoms with van der Waals surface area (Å²) < 4.78 is 30.7. The molecule has 1 heterocycles. The number of rotatable bonds is 7. The zero-order valence-electron chi connectivity index (χ0n) is 11.8. The van der Waals surface area contributed by atoms with E-state index >= 15 is 0 Å². The Morgan fingerprint density at radius 3 is 2.67 bits per heavy atom. The van der Waals surface area contributed by atoms with E-state index in [0.717, 1.165) is 0 Å². The van der Waals surface area contributed by atoms with Crippen LogP contribution in [0, 0.1) is 0 Å². The van der Waals surface area contributed by atoms with Gasteiger partial charge in [0.1, 0.15) is 12.1 Å². The van der Waals surface area contributed by atoms with E-state index in [0.29, 0.717) is 16.7 Å². The van der Waals surface area contributed by atoms with Crippen molar-refractivity contribution in [3.63, 3.8) is 0 Å². The summed E-state index contributed by atoms with van der Waals surface area (Å²) in [4.78, 5) is 0. The lowest BCUT2D eigenvalue weighted by Gasteiger charge is -2.09. The van der Waals surface area contributed by atoms with Gasteiger partial charge in [0.25, 0.3) is 0 Å². The van der Waals surface area contributed by atoms with E-state index in [1.165, 1.54) is 11.8 Å². The van der Waals surface area contributed by atoms with Gasteiger partial charge in [-0.2, -0.15) is 8.42 Å². The zero-order chi connectivity index (χ0) is 15.3. The van der Waals surface area contributed by atoms with Crippen LogP contribution in [0.1, 0.15) is 19.9 Å². The Morgan fingerprint density at radius 1 is 1.29 bits per heavy atom. The van der Waals surface area contributed by atoms with Gasteiger partial charge in [-0.25, -0.2) is 0 Å². The molecular formula is C13H17N3O3S2. The van der Waals surface area contributed by atoms with Crippen LogP contribution in [0.4, 0.5) is 0 Å². The second-order valence-electron chi connectivity index (χ2n) is 4.62. The van der Waals surface area contributed by atoms with Crippen LogP contribution in [0.3, 0.4) is 0 Å². The van der Waals surface area contributed by atoms with E-state index in [9.17, 15) is 8.42 Å². The normalized spacial score (nSPS) is 11.8. The Labute approximate surface area is 128 Å². The minimum absolute atomic E-state index is 0.0858. The molecule has 0 atom stereocenters. The van der Waals surface area contributed by atoms with Gasteiger partial charge in [0.15, 0.2) is 5.16 Å². The predicted octanol–water partition coefficient (Wildman–Crippen LogP) is 2.36. The minimum atomic E-state index is -3.60. The van der Waals surface area contributed by atoms with Crippen molar-refractivity contribution in [2.24, 2.45) is 0 Å². The Kier molecular flexibility index (Phi) is 5.24. The molecule has 0 saturated heterocycles. The molecule has 21 heavy (non-hydrogen) atoms. The van der Waals surface area contributed by atoms with E-state index in [-0.39, 0.29) is 11.8 Å². The standard InChI is InChI=1S/C13H17N3O3S2/c1-11(2)16-10-14-15-13(16)20-8-9-21(17,18)19-12-6-4-3-5-7-12/h3-7,10-11H,8-9H2,1-2H3. The summed E-state index contributed by atoms with van der Waals surface area (Å²) in [5.74, 6) is 0.603. The highest BCUT2D eigenvalue weighted by Gasteiger charge is 2.15. The molecule has 0 saturated carbocycles. The van der Waals surface area contributed by atoms with Crippen LogP contribution in [-0.2, 0) is 10.1 Å². The van der Waals surface area contributed by atoms with Crippen molar-refractivity contribution in [2.75, 3.05) is 11.5 Å². The van der Waals surface area contributed by atoms with Crippen LogP contribution in [0.15, 0.2) is 41.8 Å². The maximum absolute atomic E-state index is 11.9. The zero-order valence-corrected chi connectivity index (χ0v) is 13.5. The second kappa shape index (κ2) is 6.95. The maximum Gasteiger partial charge on any atom is 0.310 e. The average molecular weight is 327 g/mol. The van der Waals surface area contributed by atoms with Crippen LogP contribution >= 0.6 is 11.8 Å². The summed E-state index contributed by atoms with van der Waals surface area (Å²) in [6, 6.07) is 8.71. The smallest absolute Gasteiger partial charge is 0.310 e. The molecule has 0 amide bonds. The summed E-state index contributed by atoms with van der Waals surface area (Å²) in [7, 11) is -3.60. The summed E-state index contributed by atoms with van der Waals surface area (Å²) in [5.41, 5.74) is 0. The summed E-state index contributed by atoms with van der Waals surface area (Å²) in [5, 5.41) is 8.53. The number of hydrogen-bond donors (Lipinski definition) is 0. The number of thioether (sulfide) groups is 1. The van der Waals surface area contributed by atoms with Crippen molar-refractivity contribution in [1.82, 2.24) is 14.8 Å². The van der Waals surface area contributed by atoms with Crippen molar-refractivity contribution in [1.29, 1.82) is 0 Å². The first-order valence-electron chi connectivity index (χ1n) is 6.47. The molecule has 0 spiro atoms. The molecule has 6 nitrogen and oxygen atoms in total. The molecule has 2 aromatic rings. The van der Waals surface area contributed by atoms with Gasteiger partial charge in [0.2, 0.25) is 0 Å². The van der Waals surface area contributed by atoms with Crippen molar-refractivity contribution in [2.45, 2.75) is 25.0 Å². The Morgan fingerprint density at radius 2 is 2.00 bits per heavy atom. The molecule has 114 valence electrons. The van der Waals surface area contributed by atoms with Crippen LogP contribution in [0.25, 0.3) is 0 Å². The third-order valence-corrected chi connectivity index (χ3v) is 5.00. The molecule has 2 rings (SSSR count). The van der Waals surface area contributed by atoms with Gasteiger partial charge >= 0.3 is 10.1 Å². The molecule has 0 N–H and O–H groups in total. The van der Waals surface area contributed by atoms with Crippen molar-refractivity contribution < 1.29 is 12.6 Å². The van der Waals surface area contributed by atoms with E-state index in [4.69, 9.17) is 4.18 Å². The predicted molar refractivity (Wildman–Crippen MR) is 82.0 cm³/mol. The molecular weight excluding hydrogens is 310 g/mol. The first-order chi connectivity index (χ1) is 9.98. The van der Waals surface area contributed by atoms with Crippen molar-refractivity contribution in [3.05, 3.63) is 36.7 Å². The fourth-order valence-corrected chi connectivity index (χ4v) is 3.92. The molecule has 0 unspecified atom stereocenters. The molecule has 0 fully saturated rings. The average Bonchev–Trinajstić information content (AvgIpc) is 2.87. The summed E-state index contributed by atoms with van der Waals surface area (Å²) in [6.07, 6.45) is 1.64. The molecule has 0 aliphatic heterocycles. The number of nitrogens with zero attached hydrogens (tertiary/aromatic N) is 3. The lowest BCUT2D eigenvalue weighted by atomic mass is 10.3. The third-order valence-electron chi connectivity index (χ3n) is 2.63. The number of hydrogen-bond acceptors (Lipinski definition) is 6. The third kappa shape index (κ3) is 4.75. The highest BCUT2D eigenvalue weighted by Crippen LogP contribution is 2.19. The van der Waals surface area contributed by atoms with Crippen molar-refractivity contribution in [3.8, 4) is 5.75 Å². The molecule has 0 bridgehead atoms. The first-order valence-corrected chi connectivity index (χ1v) is 9.04. The van der Waals surface area contributed by atoms with E-state index in [1.54, 1.807) is 36.7 Å². The number of para-hydroxylation sites is 1. The number of benzene rings is 1. The van der Waals surface area contributed by atoms with Crippen molar-refractivity contribution >= 4 is 21.9 Å². The molecule has 8 heteroatoms. The van der Waals surface area contributed by atoms with E-state index < -0.39 is 10.1 Å². The van der Waals surface area contributed by atoms with Crippen LogP contribution < -0.4 is 4.18 Å². The minimum Gasteiger partial charge on any atom is -0.382 e. The van der Waals surface area contributed by atoms with Gasteiger partial charge in [0.05, 0.1) is 5.75 Å². The van der Waals surface area contributed by atoms with Crippen LogP contribution in [-0.4, -0.2) is 34.7 Å². The topological polar surface area (TPSA) is 74.1 Å². The van der Waals surface area contributed by atoms with Gasteiger partial charge in [0, 0.05) is 11.8 Å². The highest BCUT2D eigenvalue weighted by atomic mass is 32.2. The first kappa shape index (κ1) is 15.8. The van der Waals surface area contributed by atoms with Gasteiger partial charge in [-0.05, 0) is 26.0 Å². The van der Waals surface area contributed by atoms with Gasteiger partial charge in [-0.1, -0.05) is 30.0 Å². The fourth-order valence-electron chi connectivity index (χ4n) is 1.59. The number of aromatic nitrogens is 3. The molecule has 0 radical (unpaired) electrons. The summed E-state index contributed by atoms with van der Waals surface area (Å²) in [6.45, 7) is 4.03. The highest BCUT2D eigenvalue weighted by molar-refractivity contribution is 8.00. The summed E-state index contributed by atoms with van der Waals surface area (Å²) >= 11 is 1.35. The van der Waals surface area contributed by atoms with Crippen LogP contribution in [0.5, 0.6) is 5.75 Å². The fraction of sp³-hybridized carbons (Fsp3) is 0.385. The molecule has 0 aliphatic rings. The lowest BCUT2D eigenvalue weighted by Crippen LogP contribution is -2.15. The second-order valence-corrected chi connectivity index (χ2v) is 7.37. The Hall–Kier alpha value is -1.54. The van der Waals surface area contributed by atoms with Crippen LogP contribution in [0.2, 0.25) is 0 Å². The van der Waals surface area contributed by atoms with E-state index in [1.807, 2.05) is 18.4 Å². The SMILES string of the molecule is CC(C)n1cnnc1SCCS(=O)(=O)Oc1ccccc1. The van der Waals surface area contributed by atoms with E-state index in [2.05, 4.69) is 10.2 Å². The molecule has 1 aromatic heterocycles. The largest absolute Gasteiger partial charge is 0.382 e. The molecule has 1 aromatic carbocycles. The maximum atomic E-state index is 11.9. The van der Waals surface area contributed by atoms with Gasteiger partial charge in [-0.3, -0.25) is 0 Å². The quantitative estimate of drug-likeness (QED) is 0.574. The monoisotopic (exact) mass is 327 g/mol. The lowest BCUT2D eigenvalue weighted by molar-refractivity contribution is 0.488.